The fourth-order valence-corrected chi connectivity index (χ4v) is 2.20. The van der Waals surface area contributed by atoms with E-state index in [0.29, 0.717) is 10.7 Å². The lowest BCUT2D eigenvalue weighted by molar-refractivity contribution is 0.317. The fraction of sp³-hybridized carbons (Fsp3) is 0.400. The molecule has 1 saturated carbocycles. The molecule has 1 fully saturated rings. The van der Waals surface area contributed by atoms with E-state index >= 15 is 0 Å². The van der Waals surface area contributed by atoms with E-state index in [2.05, 4.69) is 22.2 Å². The molecule has 1 aromatic carbocycles. The monoisotopic (exact) mass is 302 g/mol. The van der Waals surface area contributed by atoms with Crippen molar-refractivity contribution in [3.63, 3.8) is 0 Å². The third kappa shape index (κ3) is 3.39. The maximum Gasteiger partial charge on any atom is 0.216 e. The fourth-order valence-electron chi connectivity index (χ4n) is 2.02. The highest BCUT2D eigenvalue weighted by Crippen LogP contribution is 2.38. The molecule has 1 aliphatic carbocycles. The average molecular weight is 302 g/mol. The van der Waals surface area contributed by atoms with Crippen LogP contribution >= 0.6 is 12.2 Å². The van der Waals surface area contributed by atoms with Gasteiger partial charge >= 0.3 is 0 Å². The molecule has 110 valence electrons. The number of hydrogen-bond acceptors (Lipinski definition) is 4. The van der Waals surface area contributed by atoms with Crippen LogP contribution in [0.25, 0.3) is 0 Å². The molecule has 21 heavy (non-hydrogen) atoms. The zero-order valence-corrected chi connectivity index (χ0v) is 12.8. The summed E-state index contributed by atoms with van der Waals surface area (Å²) < 4.78 is 7.81. The van der Waals surface area contributed by atoms with Crippen molar-refractivity contribution >= 4 is 18.4 Å². The Morgan fingerprint density at radius 1 is 1.43 bits per heavy atom. The highest BCUT2D eigenvalue weighted by atomic mass is 32.1. The van der Waals surface area contributed by atoms with E-state index in [0.717, 1.165) is 30.2 Å². The molecule has 0 aliphatic heterocycles. The second-order valence-electron chi connectivity index (χ2n) is 5.14. The first-order valence-corrected chi connectivity index (χ1v) is 7.63. The Bertz CT molecular complexity index is 682. The average Bonchev–Trinajstić information content (AvgIpc) is 3.28. The molecular weight excluding hydrogens is 284 g/mol. The van der Waals surface area contributed by atoms with Crippen LogP contribution in [0.4, 0.5) is 0 Å². The van der Waals surface area contributed by atoms with Gasteiger partial charge in [0.1, 0.15) is 5.75 Å². The number of rotatable bonds is 6. The lowest BCUT2D eigenvalue weighted by atomic mass is 10.2. The number of aromatic nitrogens is 3. The van der Waals surface area contributed by atoms with Gasteiger partial charge in [-0.1, -0.05) is 6.92 Å². The van der Waals surface area contributed by atoms with Gasteiger partial charge in [0.15, 0.2) is 5.82 Å². The number of hydrogen-bond donors (Lipinski definition) is 1. The summed E-state index contributed by atoms with van der Waals surface area (Å²) in [7, 11) is 0. The van der Waals surface area contributed by atoms with Crippen LogP contribution < -0.4 is 4.74 Å². The number of ether oxygens (including phenoxy) is 1. The summed E-state index contributed by atoms with van der Waals surface area (Å²) in [6.07, 6.45) is 5.13. The van der Waals surface area contributed by atoms with E-state index < -0.39 is 0 Å². The summed E-state index contributed by atoms with van der Waals surface area (Å²) in [6, 6.07) is 7.87. The molecule has 0 amide bonds. The van der Waals surface area contributed by atoms with Crippen molar-refractivity contribution < 1.29 is 4.74 Å². The molecule has 0 unspecified atom stereocenters. The zero-order valence-electron chi connectivity index (χ0n) is 12.0. The van der Waals surface area contributed by atoms with Crippen molar-refractivity contribution in [2.75, 3.05) is 6.61 Å². The lowest BCUT2D eigenvalue weighted by Gasteiger charge is -2.04. The number of nitrogens with one attached hydrogen (secondary N) is 1. The molecule has 2 aromatic rings. The summed E-state index contributed by atoms with van der Waals surface area (Å²) in [5.74, 6) is 2.31. The third-order valence-electron chi connectivity index (χ3n) is 3.29. The minimum Gasteiger partial charge on any atom is -0.494 e. The van der Waals surface area contributed by atoms with Crippen LogP contribution in [0.5, 0.6) is 5.75 Å². The molecule has 6 heteroatoms. The molecule has 1 N–H and O–H groups in total. The van der Waals surface area contributed by atoms with E-state index in [1.54, 1.807) is 10.9 Å². The summed E-state index contributed by atoms with van der Waals surface area (Å²) in [5, 5.41) is 11.5. The summed E-state index contributed by atoms with van der Waals surface area (Å²) in [6.45, 7) is 2.83. The van der Waals surface area contributed by atoms with Crippen LogP contribution in [0.3, 0.4) is 0 Å². The Morgan fingerprint density at radius 3 is 2.86 bits per heavy atom. The van der Waals surface area contributed by atoms with Crippen molar-refractivity contribution in [1.82, 2.24) is 14.9 Å². The van der Waals surface area contributed by atoms with Crippen LogP contribution in [0.2, 0.25) is 0 Å². The predicted octanol–water partition coefficient (Wildman–Crippen LogP) is 3.49. The van der Waals surface area contributed by atoms with Crippen molar-refractivity contribution in [2.24, 2.45) is 5.10 Å². The molecule has 5 nitrogen and oxygen atoms in total. The Kier molecular flexibility index (Phi) is 4.15. The first-order valence-electron chi connectivity index (χ1n) is 7.22. The van der Waals surface area contributed by atoms with Gasteiger partial charge in [-0.15, -0.1) is 0 Å². The molecule has 0 radical (unpaired) electrons. The quantitative estimate of drug-likeness (QED) is 0.656. The number of nitrogens with zero attached hydrogens (tertiary/aromatic N) is 3. The van der Waals surface area contributed by atoms with Gasteiger partial charge < -0.3 is 4.74 Å². The van der Waals surface area contributed by atoms with Gasteiger partial charge in [-0.05, 0) is 61.3 Å². The second kappa shape index (κ2) is 6.22. The molecule has 0 saturated heterocycles. The van der Waals surface area contributed by atoms with Gasteiger partial charge in [-0.25, -0.2) is 0 Å². The zero-order chi connectivity index (χ0) is 14.7. The topological polar surface area (TPSA) is 55.2 Å². The minimum absolute atomic E-state index is 0.500. The van der Waals surface area contributed by atoms with Gasteiger partial charge in [-0.2, -0.15) is 14.9 Å². The van der Waals surface area contributed by atoms with Crippen LogP contribution in [0.1, 0.15) is 43.5 Å². The molecule has 0 bridgehead atoms. The molecule has 3 rings (SSSR count). The number of H-pyrrole nitrogens is 1. The first-order chi connectivity index (χ1) is 10.3. The summed E-state index contributed by atoms with van der Waals surface area (Å²) >= 11 is 5.22. The van der Waals surface area contributed by atoms with Crippen LogP contribution in [0.15, 0.2) is 29.4 Å². The van der Waals surface area contributed by atoms with Crippen molar-refractivity contribution in [3.05, 3.63) is 40.4 Å². The van der Waals surface area contributed by atoms with Crippen molar-refractivity contribution in [2.45, 2.75) is 32.1 Å². The second-order valence-corrected chi connectivity index (χ2v) is 5.52. The van der Waals surface area contributed by atoms with Gasteiger partial charge in [0.25, 0.3) is 0 Å². The SMILES string of the molecule is CCCOc1ccc(/C=N\n2c(C3CC3)n[nH]c2=S)cc1. The van der Waals surface area contributed by atoms with E-state index in [9.17, 15) is 0 Å². The predicted molar refractivity (Wildman–Crippen MR) is 84.6 cm³/mol. The smallest absolute Gasteiger partial charge is 0.216 e. The standard InChI is InChI=1S/C15H18N4OS/c1-2-9-20-13-7-3-11(4-8-13)10-16-19-14(12-5-6-12)17-18-15(19)21/h3-4,7-8,10,12H,2,5-6,9H2,1H3,(H,18,21)/b16-10-. The third-order valence-corrected chi connectivity index (χ3v) is 3.56. The first kappa shape index (κ1) is 14.0. The Labute approximate surface area is 128 Å². The molecule has 1 aliphatic rings. The van der Waals surface area contributed by atoms with Gasteiger partial charge in [0.05, 0.1) is 12.8 Å². The molecule has 0 spiro atoms. The number of aromatic amines is 1. The van der Waals surface area contributed by atoms with Crippen LogP contribution in [-0.2, 0) is 0 Å². The maximum atomic E-state index is 5.56. The Hall–Kier alpha value is -1.95. The van der Waals surface area contributed by atoms with Crippen molar-refractivity contribution in [3.8, 4) is 5.75 Å². The molecule has 1 heterocycles. The minimum atomic E-state index is 0.500. The summed E-state index contributed by atoms with van der Waals surface area (Å²) in [5.41, 5.74) is 1.00. The van der Waals surface area contributed by atoms with Crippen molar-refractivity contribution in [1.29, 1.82) is 0 Å². The molecule has 0 atom stereocenters. The Morgan fingerprint density at radius 2 is 2.19 bits per heavy atom. The Balaban J connectivity index is 1.74. The highest BCUT2D eigenvalue weighted by molar-refractivity contribution is 7.71. The normalized spacial score (nSPS) is 14.7. The highest BCUT2D eigenvalue weighted by Gasteiger charge is 2.29. The number of benzene rings is 1. The molecular formula is C15H18N4OS. The maximum absolute atomic E-state index is 5.56. The lowest BCUT2D eigenvalue weighted by Crippen LogP contribution is -1.97. The van der Waals surface area contributed by atoms with Crippen LogP contribution in [0, 0.1) is 4.77 Å². The van der Waals surface area contributed by atoms with E-state index in [1.807, 2.05) is 24.3 Å². The van der Waals surface area contributed by atoms with Crippen LogP contribution in [-0.4, -0.2) is 27.7 Å². The van der Waals surface area contributed by atoms with Gasteiger partial charge in [0.2, 0.25) is 4.77 Å². The van der Waals surface area contributed by atoms with Gasteiger partial charge in [-0.3, -0.25) is 5.10 Å². The largest absolute Gasteiger partial charge is 0.494 e. The van der Waals surface area contributed by atoms with E-state index in [1.165, 1.54) is 12.8 Å². The molecule has 1 aromatic heterocycles. The van der Waals surface area contributed by atoms with E-state index in [4.69, 9.17) is 17.0 Å². The summed E-state index contributed by atoms with van der Waals surface area (Å²) in [4.78, 5) is 0. The van der Waals surface area contributed by atoms with Gasteiger partial charge in [0, 0.05) is 5.92 Å². The van der Waals surface area contributed by atoms with E-state index in [-0.39, 0.29) is 0 Å².